The number of amides is 1. The summed E-state index contributed by atoms with van der Waals surface area (Å²) in [4.78, 5) is 25.9. The van der Waals surface area contributed by atoms with E-state index >= 15 is 0 Å². The molecule has 0 aliphatic carbocycles. The minimum Gasteiger partial charge on any atom is -0.383 e. The fraction of sp³-hybridized carbons (Fsp3) is 0.217. The molecule has 1 amide bonds. The van der Waals surface area contributed by atoms with Crippen molar-refractivity contribution >= 4 is 44.3 Å². The second-order valence-electron chi connectivity index (χ2n) is 7.79. The quantitative estimate of drug-likeness (QED) is 0.345. The highest BCUT2D eigenvalue weighted by Gasteiger charge is 2.35. The summed E-state index contributed by atoms with van der Waals surface area (Å²) in [5.74, 6) is 6.20. The molecule has 5 rings (SSSR count). The molecule has 0 spiro atoms. The van der Waals surface area contributed by atoms with Crippen LogP contribution in [0.15, 0.2) is 43.4 Å². The molecule has 1 saturated heterocycles. The largest absolute Gasteiger partial charge is 0.443 e. The Hall–Kier alpha value is -3.91. The normalized spacial score (nSPS) is 16.1. The molecular weight excluding hydrogens is 465 g/mol. The zero-order valence-electron chi connectivity index (χ0n) is 17.6. The molecule has 0 unspecified atom stereocenters. The number of rotatable bonds is 2. The van der Waals surface area contributed by atoms with Crippen molar-refractivity contribution in [2.24, 2.45) is 0 Å². The number of likely N-dealkylation sites (tertiary alicyclic amines) is 1. The second kappa shape index (κ2) is 8.14. The van der Waals surface area contributed by atoms with Crippen molar-refractivity contribution in [1.82, 2.24) is 24.4 Å². The van der Waals surface area contributed by atoms with Crippen LogP contribution in [-0.2, 0) is 11.0 Å². The first-order valence-electron chi connectivity index (χ1n) is 10.3. The molecule has 1 atom stereocenters. The van der Waals surface area contributed by atoms with E-state index < -0.39 is 11.2 Å². The lowest BCUT2D eigenvalue weighted by atomic mass is 10.2. The van der Waals surface area contributed by atoms with Crippen LogP contribution in [0, 0.1) is 11.8 Å². The van der Waals surface area contributed by atoms with Crippen molar-refractivity contribution in [3.8, 4) is 11.8 Å². The maximum atomic E-state index is 13.0. The zero-order chi connectivity index (χ0) is 24.0. The predicted molar refractivity (Wildman–Crippen MR) is 123 cm³/mol. The number of halogens is 3. The molecule has 1 aromatic carbocycles. The SMILES string of the molecule is C=CC(=O)N1CC[C@H](n2cc(C#Cc3ccc4sc(C(F)(F)F)nc4c3)c3c(N)ncnc32)C1. The molecule has 2 N–H and O–H groups in total. The molecule has 4 aromatic rings. The lowest BCUT2D eigenvalue weighted by molar-refractivity contribution is -0.137. The van der Waals surface area contributed by atoms with E-state index in [2.05, 4.69) is 33.4 Å². The number of benzene rings is 1. The number of nitrogen functional groups attached to an aromatic ring is 1. The standard InChI is InChI=1S/C23H17F3N6OS/c1-2-18(33)31-8-7-15(11-31)32-10-14(19-20(27)28-12-29-21(19)32)5-3-13-4-6-17-16(9-13)30-22(34-17)23(24,25)26/h2,4,6,9-10,12,15H,1,7-8,11H2,(H2,27,28,29)/t15-/m0/s1. The van der Waals surface area contributed by atoms with Gasteiger partial charge in [-0.15, -0.1) is 11.3 Å². The highest BCUT2D eigenvalue weighted by atomic mass is 32.1. The van der Waals surface area contributed by atoms with Crippen LogP contribution in [0.4, 0.5) is 19.0 Å². The summed E-state index contributed by atoms with van der Waals surface area (Å²) in [7, 11) is 0. The summed E-state index contributed by atoms with van der Waals surface area (Å²) in [6.07, 6.45) is 0.757. The van der Waals surface area contributed by atoms with E-state index in [0.717, 1.165) is 6.42 Å². The van der Waals surface area contributed by atoms with Gasteiger partial charge in [0.2, 0.25) is 5.91 Å². The Morgan fingerprint density at radius 2 is 2.12 bits per heavy atom. The minimum absolute atomic E-state index is 0.0107. The monoisotopic (exact) mass is 482 g/mol. The van der Waals surface area contributed by atoms with Crippen LogP contribution in [-0.4, -0.2) is 43.4 Å². The van der Waals surface area contributed by atoms with Crippen molar-refractivity contribution in [2.45, 2.75) is 18.6 Å². The molecule has 172 valence electrons. The first kappa shape index (κ1) is 21.9. The van der Waals surface area contributed by atoms with Gasteiger partial charge in [0.1, 0.15) is 17.8 Å². The molecule has 34 heavy (non-hydrogen) atoms. The average Bonchev–Trinajstić information content (AvgIpc) is 3.53. The highest BCUT2D eigenvalue weighted by Crippen LogP contribution is 2.35. The van der Waals surface area contributed by atoms with Crippen molar-refractivity contribution in [3.05, 3.63) is 59.5 Å². The molecule has 0 radical (unpaired) electrons. The van der Waals surface area contributed by atoms with Crippen molar-refractivity contribution < 1.29 is 18.0 Å². The number of carbonyl (C=O) groups excluding carboxylic acids is 1. The smallest absolute Gasteiger partial charge is 0.383 e. The summed E-state index contributed by atoms with van der Waals surface area (Å²) < 4.78 is 41.3. The third-order valence-corrected chi connectivity index (χ3v) is 6.73. The van der Waals surface area contributed by atoms with E-state index in [9.17, 15) is 18.0 Å². The van der Waals surface area contributed by atoms with Crippen LogP contribution in [0.1, 0.15) is 28.6 Å². The maximum absolute atomic E-state index is 13.0. The van der Waals surface area contributed by atoms with E-state index in [-0.39, 0.29) is 23.3 Å². The lowest BCUT2D eigenvalue weighted by Crippen LogP contribution is -2.27. The van der Waals surface area contributed by atoms with E-state index in [4.69, 9.17) is 5.73 Å². The molecule has 11 heteroatoms. The Labute approximate surface area is 195 Å². The summed E-state index contributed by atoms with van der Waals surface area (Å²) in [6, 6.07) is 4.76. The molecule has 0 bridgehead atoms. The number of carbonyl (C=O) groups is 1. The van der Waals surface area contributed by atoms with Gasteiger partial charge in [0, 0.05) is 24.8 Å². The number of nitrogens with two attached hydrogens (primary N) is 1. The molecular formula is C23H17F3N6OS. The number of thiazole rings is 1. The van der Waals surface area contributed by atoms with Gasteiger partial charge in [-0.05, 0) is 30.7 Å². The van der Waals surface area contributed by atoms with Crippen LogP contribution in [0.2, 0.25) is 0 Å². The number of hydrogen-bond donors (Lipinski definition) is 1. The maximum Gasteiger partial charge on any atom is 0.443 e. The fourth-order valence-electron chi connectivity index (χ4n) is 4.05. The third kappa shape index (κ3) is 3.86. The van der Waals surface area contributed by atoms with E-state index in [1.165, 1.54) is 18.5 Å². The van der Waals surface area contributed by atoms with Gasteiger partial charge in [0.05, 0.1) is 27.2 Å². The predicted octanol–water partition coefficient (Wildman–Crippen LogP) is 4.00. The Morgan fingerprint density at radius 3 is 2.88 bits per heavy atom. The van der Waals surface area contributed by atoms with E-state index in [0.29, 0.717) is 51.3 Å². The van der Waals surface area contributed by atoms with Gasteiger partial charge < -0.3 is 15.2 Å². The van der Waals surface area contributed by atoms with E-state index in [1.807, 2.05) is 10.8 Å². The van der Waals surface area contributed by atoms with Crippen molar-refractivity contribution in [3.63, 3.8) is 0 Å². The van der Waals surface area contributed by atoms with Gasteiger partial charge in [-0.2, -0.15) is 13.2 Å². The molecule has 1 aliphatic rings. The molecule has 4 heterocycles. The Bertz CT molecular complexity index is 1510. The van der Waals surface area contributed by atoms with Crippen LogP contribution >= 0.6 is 11.3 Å². The lowest BCUT2D eigenvalue weighted by Gasteiger charge is -2.15. The van der Waals surface area contributed by atoms with Crippen LogP contribution in [0.3, 0.4) is 0 Å². The second-order valence-corrected chi connectivity index (χ2v) is 8.82. The first-order chi connectivity index (χ1) is 16.2. The summed E-state index contributed by atoms with van der Waals surface area (Å²) in [5.41, 5.74) is 8.09. The molecule has 7 nitrogen and oxygen atoms in total. The number of alkyl halides is 3. The van der Waals surface area contributed by atoms with Gasteiger partial charge in [0.25, 0.3) is 0 Å². The third-order valence-electron chi connectivity index (χ3n) is 5.65. The van der Waals surface area contributed by atoms with Crippen LogP contribution < -0.4 is 5.73 Å². The zero-order valence-corrected chi connectivity index (χ0v) is 18.5. The van der Waals surface area contributed by atoms with Crippen LogP contribution in [0.25, 0.3) is 21.3 Å². The first-order valence-corrected chi connectivity index (χ1v) is 11.1. The number of fused-ring (bicyclic) bond motifs is 2. The molecule has 1 aliphatic heterocycles. The average molecular weight is 482 g/mol. The number of aromatic nitrogens is 4. The number of hydrogen-bond acceptors (Lipinski definition) is 6. The molecule has 1 fully saturated rings. The fourth-order valence-corrected chi connectivity index (χ4v) is 4.86. The van der Waals surface area contributed by atoms with Gasteiger partial charge in [-0.1, -0.05) is 18.4 Å². The Morgan fingerprint density at radius 1 is 1.29 bits per heavy atom. The van der Waals surface area contributed by atoms with Crippen molar-refractivity contribution in [2.75, 3.05) is 18.8 Å². The van der Waals surface area contributed by atoms with E-state index in [1.54, 1.807) is 17.0 Å². The van der Waals surface area contributed by atoms with Gasteiger partial charge in [0.15, 0.2) is 5.01 Å². The van der Waals surface area contributed by atoms with Gasteiger partial charge >= 0.3 is 6.18 Å². The van der Waals surface area contributed by atoms with Gasteiger partial charge in [-0.25, -0.2) is 15.0 Å². The van der Waals surface area contributed by atoms with Crippen LogP contribution in [0.5, 0.6) is 0 Å². The summed E-state index contributed by atoms with van der Waals surface area (Å²) >= 11 is 0.598. The molecule has 3 aromatic heterocycles. The number of nitrogens with zero attached hydrogens (tertiary/aromatic N) is 5. The number of anilines is 1. The molecule has 0 saturated carbocycles. The van der Waals surface area contributed by atoms with Gasteiger partial charge in [-0.3, -0.25) is 4.79 Å². The minimum atomic E-state index is -4.49. The highest BCUT2D eigenvalue weighted by molar-refractivity contribution is 7.18. The topological polar surface area (TPSA) is 89.9 Å². The van der Waals surface area contributed by atoms with Crippen molar-refractivity contribution in [1.29, 1.82) is 0 Å². The summed E-state index contributed by atoms with van der Waals surface area (Å²) in [6.45, 7) is 4.65. The Balaban J connectivity index is 1.52. The summed E-state index contributed by atoms with van der Waals surface area (Å²) in [5, 5.41) is -0.293. The Kier molecular flexibility index (Phi) is 5.25.